The van der Waals surface area contributed by atoms with E-state index in [-0.39, 0.29) is 22.6 Å². The van der Waals surface area contributed by atoms with Gasteiger partial charge in [0.1, 0.15) is 11.9 Å². The molecule has 0 aliphatic rings. The molecule has 1 atom stereocenters. The summed E-state index contributed by atoms with van der Waals surface area (Å²) in [5.74, 6) is -1.10. The molecule has 7 nitrogen and oxygen atoms in total. The Balaban J connectivity index is 1.83. The Morgan fingerprint density at radius 1 is 1.12 bits per heavy atom. The predicted octanol–water partition coefficient (Wildman–Crippen LogP) is 3.22. The molecule has 1 amide bonds. The fourth-order valence-electron chi connectivity index (χ4n) is 3.45. The zero-order valence-electron chi connectivity index (χ0n) is 17.0. The number of hydrogen-bond acceptors (Lipinski definition) is 4. The number of carbonyl (C=O) groups is 1. The number of rotatable bonds is 5. The molecule has 0 aliphatic carbocycles. The molecule has 4 rings (SSSR count). The molecule has 1 N–H and O–H groups in total. The van der Waals surface area contributed by atoms with Crippen LogP contribution in [0, 0.1) is 5.82 Å². The summed E-state index contributed by atoms with van der Waals surface area (Å²) in [6.07, 6.45) is 1.62. The lowest BCUT2D eigenvalue weighted by Crippen LogP contribution is -2.43. The van der Waals surface area contributed by atoms with Gasteiger partial charge in [0.25, 0.3) is 5.56 Å². The summed E-state index contributed by atoms with van der Waals surface area (Å²) < 4.78 is 15.8. The smallest absolute Gasteiger partial charge is 0.336 e. The van der Waals surface area contributed by atoms with Crippen LogP contribution >= 0.6 is 11.6 Å². The van der Waals surface area contributed by atoms with Crippen LogP contribution in [0.1, 0.15) is 18.7 Å². The molecule has 9 heteroatoms. The van der Waals surface area contributed by atoms with Gasteiger partial charge in [-0.2, -0.15) is 0 Å². The van der Waals surface area contributed by atoms with Gasteiger partial charge in [-0.3, -0.25) is 19.1 Å². The number of aromatic nitrogens is 3. The molecule has 0 spiro atoms. The average molecular weight is 453 g/mol. The van der Waals surface area contributed by atoms with Crippen LogP contribution in [0.2, 0.25) is 5.02 Å². The first-order valence-corrected chi connectivity index (χ1v) is 10.2. The maximum absolute atomic E-state index is 13.6. The Labute approximate surface area is 186 Å². The number of halogens is 2. The first kappa shape index (κ1) is 21.5. The van der Waals surface area contributed by atoms with Crippen molar-refractivity contribution in [2.24, 2.45) is 0 Å². The van der Waals surface area contributed by atoms with E-state index in [4.69, 9.17) is 11.6 Å². The average Bonchev–Trinajstić information content (AvgIpc) is 2.80. The molecular formula is C23H18ClFN4O3. The third-order valence-corrected chi connectivity index (χ3v) is 5.38. The van der Waals surface area contributed by atoms with Gasteiger partial charge < -0.3 is 5.32 Å². The van der Waals surface area contributed by atoms with E-state index in [1.165, 1.54) is 16.7 Å². The van der Waals surface area contributed by atoms with E-state index in [0.717, 1.165) is 10.6 Å². The number of para-hydroxylation sites is 1. The number of nitrogens with zero attached hydrogens (tertiary/aromatic N) is 3. The molecule has 4 aromatic rings. The van der Waals surface area contributed by atoms with Crippen molar-refractivity contribution in [1.82, 2.24) is 19.4 Å². The maximum atomic E-state index is 13.6. The van der Waals surface area contributed by atoms with Crippen molar-refractivity contribution in [3.63, 3.8) is 0 Å². The lowest BCUT2D eigenvalue weighted by atomic mass is 10.2. The van der Waals surface area contributed by atoms with Gasteiger partial charge in [-0.1, -0.05) is 29.8 Å². The first-order chi connectivity index (χ1) is 15.4. The van der Waals surface area contributed by atoms with Crippen LogP contribution in [-0.2, 0) is 11.3 Å². The minimum atomic E-state index is -0.945. The third-order valence-electron chi connectivity index (χ3n) is 5.09. The summed E-state index contributed by atoms with van der Waals surface area (Å²) in [7, 11) is 0. The third kappa shape index (κ3) is 3.92. The predicted molar refractivity (Wildman–Crippen MR) is 120 cm³/mol. The van der Waals surface area contributed by atoms with Gasteiger partial charge >= 0.3 is 5.69 Å². The molecule has 0 bridgehead atoms. The summed E-state index contributed by atoms with van der Waals surface area (Å²) >= 11 is 5.87. The molecule has 0 saturated carbocycles. The number of fused-ring (bicyclic) bond motifs is 1. The number of amides is 1. The summed E-state index contributed by atoms with van der Waals surface area (Å²) in [6, 6.07) is 14.5. The van der Waals surface area contributed by atoms with Crippen molar-refractivity contribution >= 4 is 28.4 Å². The molecular weight excluding hydrogens is 435 g/mol. The first-order valence-electron chi connectivity index (χ1n) is 9.78. The van der Waals surface area contributed by atoms with Crippen LogP contribution in [0.15, 0.2) is 76.4 Å². The zero-order valence-corrected chi connectivity index (χ0v) is 17.7. The van der Waals surface area contributed by atoms with Crippen molar-refractivity contribution in [2.75, 3.05) is 0 Å². The molecule has 0 radical (unpaired) electrons. The second kappa shape index (κ2) is 8.76. The highest BCUT2D eigenvalue weighted by Crippen LogP contribution is 2.19. The number of hydrogen-bond donors (Lipinski definition) is 1. The van der Waals surface area contributed by atoms with Gasteiger partial charge in [-0.15, -0.1) is 0 Å². The van der Waals surface area contributed by atoms with E-state index in [1.807, 2.05) is 0 Å². The summed E-state index contributed by atoms with van der Waals surface area (Å²) in [5, 5.41) is 2.77. The Hall–Kier alpha value is -3.78. The standard InChI is InChI=1S/C23H18ClFN4O3/c1-14(21(30)27-13-15-6-4-5-11-26-15)28-20-8-3-2-7-17(20)22(31)29(23(28)32)16-9-10-19(25)18(24)12-16/h2-12,14H,13H2,1H3,(H,27,30). The monoisotopic (exact) mass is 452 g/mol. The molecule has 1 unspecified atom stereocenters. The Bertz CT molecular complexity index is 1430. The van der Waals surface area contributed by atoms with Crippen molar-refractivity contribution in [1.29, 1.82) is 0 Å². The Kier molecular flexibility index (Phi) is 5.87. The molecule has 162 valence electrons. The highest BCUT2D eigenvalue weighted by molar-refractivity contribution is 6.30. The fourth-order valence-corrected chi connectivity index (χ4v) is 3.63. The molecule has 0 aliphatic heterocycles. The SMILES string of the molecule is CC(C(=O)NCc1ccccn1)n1c(=O)n(-c2ccc(F)c(Cl)c2)c(=O)c2ccccc21. The van der Waals surface area contributed by atoms with Crippen molar-refractivity contribution in [3.8, 4) is 5.69 Å². The summed E-state index contributed by atoms with van der Waals surface area (Å²) in [6.45, 7) is 1.75. The van der Waals surface area contributed by atoms with Gasteiger partial charge in [0.2, 0.25) is 5.91 Å². The van der Waals surface area contributed by atoms with E-state index in [2.05, 4.69) is 10.3 Å². The van der Waals surface area contributed by atoms with Gasteiger partial charge in [-0.25, -0.2) is 13.8 Å². The molecule has 32 heavy (non-hydrogen) atoms. The van der Waals surface area contributed by atoms with E-state index in [9.17, 15) is 18.8 Å². The molecule has 2 aromatic carbocycles. The lowest BCUT2D eigenvalue weighted by molar-refractivity contribution is -0.124. The van der Waals surface area contributed by atoms with Crippen LogP contribution in [0.25, 0.3) is 16.6 Å². The molecule has 0 fully saturated rings. The van der Waals surface area contributed by atoms with Gasteiger partial charge in [0, 0.05) is 6.20 Å². The number of pyridine rings is 1. The second-order valence-corrected chi connectivity index (χ2v) is 7.53. The van der Waals surface area contributed by atoms with Gasteiger partial charge in [0.15, 0.2) is 0 Å². The van der Waals surface area contributed by atoms with E-state index in [0.29, 0.717) is 11.2 Å². The fraction of sp³-hybridized carbons (Fsp3) is 0.130. The van der Waals surface area contributed by atoms with Gasteiger partial charge in [0.05, 0.1) is 33.9 Å². The van der Waals surface area contributed by atoms with Crippen LogP contribution < -0.4 is 16.6 Å². The minimum absolute atomic E-state index is 0.104. The van der Waals surface area contributed by atoms with Crippen molar-refractivity contribution in [3.05, 3.63) is 104 Å². The van der Waals surface area contributed by atoms with E-state index in [1.54, 1.807) is 55.6 Å². The van der Waals surface area contributed by atoms with E-state index < -0.39 is 29.0 Å². The maximum Gasteiger partial charge on any atom is 0.336 e. The van der Waals surface area contributed by atoms with Gasteiger partial charge in [-0.05, 0) is 49.4 Å². The van der Waals surface area contributed by atoms with Crippen LogP contribution in [0.5, 0.6) is 0 Å². The summed E-state index contributed by atoms with van der Waals surface area (Å²) in [4.78, 5) is 43.6. The number of benzene rings is 2. The molecule has 2 heterocycles. The van der Waals surface area contributed by atoms with Crippen molar-refractivity contribution in [2.45, 2.75) is 19.5 Å². The zero-order chi connectivity index (χ0) is 22.8. The normalized spacial score (nSPS) is 12.0. The second-order valence-electron chi connectivity index (χ2n) is 7.12. The van der Waals surface area contributed by atoms with Crippen LogP contribution in [-0.4, -0.2) is 20.0 Å². The minimum Gasteiger partial charge on any atom is -0.349 e. The quantitative estimate of drug-likeness (QED) is 0.504. The number of nitrogens with one attached hydrogen (secondary N) is 1. The molecule has 2 aromatic heterocycles. The number of carbonyl (C=O) groups excluding carboxylic acids is 1. The van der Waals surface area contributed by atoms with E-state index >= 15 is 0 Å². The Morgan fingerprint density at radius 2 is 1.88 bits per heavy atom. The van der Waals surface area contributed by atoms with Crippen LogP contribution in [0.4, 0.5) is 4.39 Å². The largest absolute Gasteiger partial charge is 0.349 e. The highest BCUT2D eigenvalue weighted by atomic mass is 35.5. The van der Waals surface area contributed by atoms with Crippen molar-refractivity contribution < 1.29 is 9.18 Å². The summed E-state index contributed by atoms with van der Waals surface area (Å²) in [5.41, 5.74) is -0.252. The molecule has 0 saturated heterocycles. The lowest BCUT2D eigenvalue weighted by Gasteiger charge is -2.19. The topological polar surface area (TPSA) is 86.0 Å². The van der Waals surface area contributed by atoms with Crippen LogP contribution in [0.3, 0.4) is 0 Å². The highest BCUT2D eigenvalue weighted by Gasteiger charge is 2.23. The Morgan fingerprint density at radius 3 is 2.59 bits per heavy atom.